The van der Waals surface area contributed by atoms with E-state index >= 15 is 0 Å². The molecule has 2 aromatic rings. The van der Waals surface area contributed by atoms with Crippen molar-refractivity contribution in [2.75, 3.05) is 0 Å². The second-order valence-electron chi connectivity index (χ2n) is 12.4. The van der Waals surface area contributed by atoms with Crippen LogP contribution < -0.4 is 0 Å². The van der Waals surface area contributed by atoms with Crippen molar-refractivity contribution in [1.82, 2.24) is 0 Å². The molecule has 0 aliphatic heterocycles. The minimum Gasteiger partial charge on any atom is -0.462 e. The zero-order valence-corrected chi connectivity index (χ0v) is 22.6. The molecule has 0 heterocycles. The fraction of sp³-hybridized carbons (Fsp3) is 0.457. The van der Waals surface area contributed by atoms with Gasteiger partial charge in [-0.15, -0.1) is 0 Å². The van der Waals surface area contributed by atoms with Gasteiger partial charge in [-0.25, -0.2) is 0 Å². The average Bonchev–Trinajstić information content (AvgIpc) is 3.23. The molecule has 2 aromatic carbocycles. The van der Waals surface area contributed by atoms with Crippen LogP contribution in [0.15, 0.2) is 84.0 Å². The molecule has 4 aliphatic rings. The monoisotopic (exact) mass is 492 g/mol. The molecular formula is C35H40O2. The minimum atomic E-state index is -0.116. The predicted molar refractivity (Wildman–Crippen MR) is 151 cm³/mol. The van der Waals surface area contributed by atoms with Crippen LogP contribution in [-0.2, 0) is 9.53 Å². The Labute approximate surface area is 222 Å². The van der Waals surface area contributed by atoms with Crippen LogP contribution >= 0.6 is 0 Å². The summed E-state index contributed by atoms with van der Waals surface area (Å²) in [6, 6.07) is 21.6. The Morgan fingerprint density at radius 1 is 0.919 bits per heavy atom. The van der Waals surface area contributed by atoms with Gasteiger partial charge in [-0.2, -0.15) is 0 Å². The van der Waals surface area contributed by atoms with Crippen LogP contribution in [0.1, 0.15) is 76.8 Å². The summed E-state index contributed by atoms with van der Waals surface area (Å²) in [5, 5.41) is 0. The van der Waals surface area contributed by atoms with E-state index in [0.29, 0.717) is 11.8 Å². The molecule has 2 nitrogen and oxygen atoms in total. The first-order valence-electron chi connectivity index (χ1n) is 14.3. The van der Waals surface area contributed by atoms with Crippen molar-refractivity contribution in [3.63, 3.8) is 0 Å². The predicted octanol–water partition coefficient (Wildman–Crippen LogP) is 8.66. The van der Waals surface area contributed by atoms with Crippen molar-refractivity contribution in [2.24, 2.45) is 28.6 Å². The molecule has 0 amide bonds. The van der Waals surface area contributed by atoms with E-state index in [0.717, 1.165) is 25.2 Å². The summed E-state index contributed by atoms with van der Waals surface area (Å²) < 4.78 is 5.86. The van der Waals surface area contributed by atoms with E-state index in [-0.39, 0.29) is 22.9 Å². The van der Waals surface area contributed by atoms with E-state index in [1.165, 1.54) is 48.0 Å². The summed E-state index contributed by atoms with van der Waals surface area (Å²) in [6.45, 7) is 6.53. The molecule has 0 saturated heterocycles. The zero-order chi connectivity index (χ0) is 25.6. The zero-order valence-electron chi connectivity index (χ0n) is 22.6. The van der Waals surface area contributed by atoms with Crippen molar-refractivity contribution < 1.29 is 9.53 Å². The lowest BCUT2D eigenvalue weighted by Gasteiger charge is -2.56. The Morgan fingerprint density at radius 2 is 1.65 bits per heavy atom. The fourth-order valence-electron chi connectivity index (χ4n) is 8.58. The maximum Gasteiger partial charge on any atom is 0.302 e. The van der Waals surface area contributed by atoms with Crippen molar-refractivity contribution >= 4 is 17.6 Å². The van der Waals surface area contributed by atoms with Gasteiger partial charge in [0.25, 0.3) is 0 Å². The third kappa shape index (κ3) is 4.23. The van der Waals surface area contributed by atoms with E-state index in [9.17, 15) is 4.79 Å². The summed E-state index contributed by atoms with van der Waals surface area (Å²) in [7, 11) is 0. The fourth-order valence-corrected chi connectivity index (χ4v) is 8.58. The topological polar surface area (TPSA) is 26.3 Å². The lowest BCUT2D eigenvalue weighted by Crippen LogP contribution is -2.50. The molecular weight excluding hydrogens is 452 g/mol. The Morgan fingerprint density at radius 3 is 2.38 bits per heavy atom. The maximum atomic E-state index is 11.8. The van der Waals surface area contributed by atoms with Crippen LogP contribution in [-0.4, -0.2) is 12.1 Å². The Kier molecular flexibility index (Phi) is 6.25. The molecule has 0 radical (unpaired) electrons. The Bertz CT molecular complexity index is 1250. The number of carbonyl (C=O) groups excluding carboxylic acids is 1. The van der Waals surface area contributed by atoms with Crippen LogP contribution in [0, 0.1) is 28.6 Å². The number of allylic oxidation sites excluding steroid dienone is 5. The number of ether oxygens (including phenoxy) is 1. The first-order chi connectivity index (χ1) is 17.9. The van der Waals surface area contributed by atoms with Gasteiger partial charge < -0.3 is 4.74 Å². The van der Waals surface area contributed by atoms with E-state index in [1.54, 1.807) is 12.5 Å². The normalized spacial score (nSPS) is 34.9. The van der Waals surface area contributed by atoms with Gasteiger partial charge in [0, 0.05) is 12.3 Å². The standard InChI is InChI=1S/C35H40O2/c1-24(36)37-33-17-16-31-29-15-14-28-23-27(18-20-34(28,2)32(29)19-21-35(31,33)3)30(26-12-8-5-9-13-26)22-25-10-6-4-7-11-25/h4-14,22-23,29,31-33H,15-21H2,1-3H3/b30-22+/t29-,31-,32-,33-,34-,35-/m0/s1. The lowest BCUT2D eigenvalue weighted by molar-refractivity contribution is -0.156. The van der Waals surface area contributed by atoms with Gasteiger partial charge in [0.1, 0.15) is 6.10 Å². The highest BCUT2D eigenvalue weighted by atomic mass is 16.5. The molecule has 0 aromatic heterocycles. The summed E-state index contributed by atoms with van der Waals surface area (Å²) in [5.41, 5.74) is 7.31. The van der Waals surface area contributed by atoms with Gasteiger partial charge in [0.2, 0.25) is 0 Å². The van der Waals surface area contributed by atoms with Crippen molar-refractivity contribution in [3.05, 3.63) is 95.1 Å². The largest absolute Gasteiger partial charge is 0.462 e. The molecule has 0 spiro atoms. The Hall–Kier alpha value is -2.87. The van der Waals surface area contributed by atoms with Crippen LogP contribution in [0.3, 0.4) is 0 Å². The summed E-state index contributed by atoms with van der Waals surface area (Å²) in [4.78, 5) is 11.8. The molecule has 2 heteroatoms. The van der Waals surface area contributed by atoms with Gasteiger partial charge in [0.15, 0.2) is 0 Å². The third-order valence-electron chi connectivity index (χ3n) is 10.5. The van der Waals surface area contributed by atoms with Crippen LogP contribution in [0.25, 0.3) is 11.6 Å². The quantitative estimate of drug-likeness (QED) is 0.315. The van der Waals surface area contributed by atoms with Crippen molar-refractivity contribution in [3.8, 4) is 0 Å². The molecule has 6 rings (SSSR count). The first-order valence-corrected chi connectivity index (χ1v) is 14.3. The maximum absolute atomic E-state index is 11.8. The van der Waals surface area contributed by atoms with Crippen molar-refractivity contribution in [1.29, 1.82) is 0 Å². The van der Waals surface area contributed by atoms with Gasteiger partial charge in [-0.1, -0.05) is 86.7 Å². The number of fused-ring (bicyclic) bond motifs is 5. The van der Waals surface area contributed by atoms with E-state index < -0.39 is 0 Å². The number of hydrogen-bond donors (Lipinski definition) is 0. The molecule has 0 N–H and O–H groups in total. The SMILES string of the molecule is CC(=O)O[C@H]1CC[C@H]2[C@@H]3CC=C4C=C(/C(=C/c5ccccc5)c5ccccc5)CC[C@]4(C)[C@H]3CC[C@]12C. The summed E-state index contributed by atoms with van der Waals surface area (Å²) in [6.07, 6.45) is 15.7. The first kappa shape index (κ1) is 24.5. The molecule has 4 aliphatic carbocycles. The van der Waals surface area contributed by atoms with Gasteiger partial charge in [-0.05, 0) is 102 Å². The number of rotatable bonds is 4. The lowest BCUT2D eigenvalue weighted by atomic mass is 9.48. The molecule has 6 atom stereocenters. The second-order valence-corrected chi connectivity index (χ2v) is 12.4. The molecule has 37 heavy (non-hydrogen) atoms. The van der Waals surface area contributed by atoms with Crippen LogP contribution in [0.4, 0.5) is 0 Å². The van der Waals surface area contributed by atoms with Gasteiger partial charge in [-0.3, -0.25) is 4.79 Å². The highest BCUT2D eigenvalue weighted by Crippen LogP contribution is 2.65. The second kappa shape index (κ2) is 9.46. The van der Waals surface area contributed by atoms with E-state index in [4.69, 9.17) is 4.74 Å². The van der Waals surface area contributed by atoms with Gasteiger partial charge >= 0.3 is 5.97 Å². The van der Waals surface area contributed by atoms with Crippen LogP contribution in [0.5, 0.6) is 0 Å². The summed E-state index contributed by atoms with van der Waals surface area (Å²) >= 11 is 0. The molecule has 0 bridgehead atoms. The number of carbonyl (C=O) groups is 1. The third-order valence-corrected chi connectivity index (χ3v) is 10.5. The number of hydrogen-bond acceptors (Lipinski definition) is 2. The molecule has 0 unspecified atom stereocenters. The average molecular weight is 493 g/mol. The van der Waals surface area contributed by atoms with Gasteiger partial charge in [0.05, 0.1) is 0 Å². The summed E-state index contributed by atoms with van der Waals surface area (Å²) in [5.74, 6) is 1.97. The number of benzene rings is 2. The van der Waals surface area contributed by atoms with E-state index in [1.807, 2.05) is 0 Å². The molecule has 192 valence electrons. The minimum absolute atomic E-state index is 0.101. The highest BCUT2D eigenvalue weighted by molar-refractivity contribution is 5.91. The highest BCUT2D eigenvalue weighted by Gasteiger charge is 2.59. The molecule has 2 saturated carbocycles. The van der Waals surface area contributed by atoms with E-state index in [2.05, 4.69) is 92.7 Å². The number of esters is 1. The van der Waals surface area contributed by atoms with Crippen LogP contribution in [0.2, 0.25) is 0 Å². The smallest absolute Gasteiger partial charge is 0.302 e. The van der Waals surface area contributed by atoms with Crippen molar-refractivity contribution in [2.45, 2.75) is 71.8 Å². The molecule has 2 fully saturated rings. The Balaban J connectivity index is 1.33.